The molecule has 1 amide bonds. The minimum atomic E-state index is -3.49. The van der Waals surface area contributed by atoms with Crippen LogP contribution in [0.25, 0.3) is 10.1 Å². The number of halogens is 1. The van der Waals surface area contributed by atoms with Crippen LogP contribution in [-0.4, -0.2) is 26.6 Å². The lowest BCUT2D eigenvalue weighted by molar-refractivity contribution is -0.118. The predicted octanol–water partition coefficient (Wildman–Crippen LogP) is 3.94. The van der Waals surface area contributed by atoms with Crippen LogP contribution in [0.2, 0.25) is 0 Å². The fourth-order valence-electron chi connectivity index (χ4n) is 2.70. The predicted molar refractivity (Wildman–Crippen MR) is 110 cm³/mol. The average Bonchev–Trinajstić information content (AvgIpc) is 3.00. The molecule has 136 valence electrons. The lowest BCUT2D eigenvalue weighted by atomic mass is 10.1. The monoisotopic (exact) mass is 451 g/mol. The second kappa shape index (κ2) is 8.33. The summed E-state index contributed by atoms with van der Waals surface area (Å²) in [6.07, 6.45) is 0.683. The van der Waals surface area contributed by atoms with Crippen molar-refractivity contribution in [3.63, 3.8) is 0 Å². The van der Waals surface area contributed by atoms with E-state index >= 15 is 0 Å². The van der Waals surface area contributed by atoms with Crippen LogP contribution in [0.1, 0.15) is 11.1 Å². The number of rotatable bonds is 7. The molecule has 0 aliphatic heterocycles. The van der Waals surface area contributed by atoms with Gasteiger partial charge in [-0.05, 0) is 46.5 Å². The number of carbonyl (C=O) groups excluding carboxylic acids is 1. The van der Waals surface area contributed by atoms with Crippen LogP contribution in [0.15, 0.2) is 58.4 Å². The first-order valence-electron chi connectivity index (χ1n) is 8.10. The van der Waals surface area contributed by atoms with Gasteiger partial charge in [0.15, 0.2) is 9.84 Å². The van der Waals surface area contributed by atoms with Gasteiger partial charge in [0, 0.05) is 15.7 Å². The molecule has 7 heteroatoms. The molecule has 1 N–H and O–H groups in total. The van der Waals surface area contributed by atoms with E-state index in [0.29, 0.717) is 18.5 Å². The van der Waals surface area contributed by atoms with Crippen molar-refractivity contribution in [2.45, 2.75) is 12.2 Å². The van der Waals surface area contributed by atoms with E-state index in [2.05, 4.69) is 38.8 Å². The van der Waals surface area contributed by atoms with Crippen molar-refractivity contribution >= 4 is 53.1 Å². The number of amides is 1. The molecule has 1 heterocycles. The molecule has 0 aliphatic rings. The number of fused-ring (bicyclic) bond motifs is 1. The molecule has 3 aromatic rings. The molecule has 4 nitrogen and oxygen atoms in total. The Morgan fingerprint density at radius 2 is 1.81 bits per heavy atom. The summed E-state index contributed by atoms with van der Waals surface area (Å²) in [6.45, 7) is 0.424. The van der Waals surface area contributed by atoms with Crippen LogP contribution in [-0.2, 0) is 26.8 Å². The molecule has 0 unspecified atom stereocenters. The van der Waals surface area contributed by atoms with E-state index in [4.69, 9.17) is 0 Å². The molecule has 0 radical (unpaired) electrons. The van der Waals surface area contributed by atoms with Gasteiger partial charge in [0.2, 0.25) is 5.91 Å². The molecule has 0 saturated heterocycles. The van der Waals surface area contributed by atoms with E-state index in [0.717, 1.165) is 4.47 Å². The van der Waals surface area contributed by atoms with Crippen LogP contribution >= 0.6 is 27.3 Å². The van der Waals surface area contributed by atoms with E-state index in [1.165, 1.54) is 15.6 Å². The number of thiophene rings is 1. The molecule has 0 fully saturated rings. The second-order valence-corrected chi connectivity index (χ2v) is 9.91. The number of carbonyl (C=O) groups is 1. The second-order valence-electron chi connectivity index (χ2n) is 6.02. The van der Waals surface area contributed by atoms with Crippen molar-refractivity contribution < 1.29 is 13.2 Å². The zero-order chi connectivity index (χ0) is 18.6. The third kappa shape index (κ3) is 5.16. The molecule has 0 saturated carbocycles. The van der Waals surface area contributed by atoms with Crippen LogP contribution in [0.4, 0.5) is 0 Å². The molecule has 0 atom stereocenters. The molecule has 0 aliphatic carbocycles. The quantitative estimate of drug-likeness (QED) is 0.591. The first-order chi connectivity index (χ1) is 12.4. The minimum Gasteiger partial charge on any atom is -0.355 e. The van der Waals surface area contributed by atoms with Gasteiger partial charge < -0.3 is 5.32 Å². The Morgan fingerprint density at radius 3 is 2.58 bits per heavy atom. The van der Waals surface area contributed by atoms with Gasteiger partial charge in [0.25, 0.3) is 0 Å². The molecule has 0 bridgehead atoms. The minimum absolute atomic E-state index is 0.136. The molecule has 1 aromatic heterocycles. The highest BCUT2D eigenvalue weighted by Crippen LogP contribution is 2.25. The number of hydrogen-bond acceptors (Lipinski definition) is 4. The third-order valence-electron chi connectivity index (χ3n) is 3.93. The highest BCUT2D eigenvalue weighted by atomic mass is 79.9. The topological polar surface area (TPSA) is 63.2 Å². The largest absolute Gasteiger partial charge is 0.355 e. The van der Waals surface area contributed by atoms with Gasteiger partial charge in [-0.15, -0.1) is 11.3 Å². The van der Waals surface area contributed by atoms with Crippen molar-refractivity contribution in [1.82, 2.24) is 5.32 Å². The van der Waals surface area contributed by atoms with Gasteiger partial charge in [-0.3, -0.25) is 4.79 Å². The summed E-state index contributed by atoms with van der Waals surface area (Å²) in [4.78, 5) is 12.0. The highest BCUT2D eigenvalue weighted by Gasteiger charge is 2.17. The van der Waals surface area contributed by atoms with E-state index in [1.54, 1.807) is 35.6 Å². The first-order valence-corrected chi connectivity index (χ1v) is 11.6. The summed E-state index contributed by atoms with van der Waals surface area (Å²) in [5, 5.41) is 5.99. The maximum atomic E-state index is 12.2. The number of benzene rings is 2. The van der Waals surface area contributed by atoms with Crippen molar-refractivity contribution in [3.05, 3.63) is 69.5 Å². The lowest BCUT2D eigenvalue weighted by Crippen LogP contribution is -2.32. The van der Waals surface area contributed by atoms with Crippen LogP contribution in [0.5, 0.6) is 0 Å². The zero-order valence-electron chi connectivity index (χ0n) is 13.9. The lowest BCUT2D eigenvalue weighted by Gasteiger charge is -2.07. The molecular formula is C19H18BrNO3S2. The Balaban J connectivity index is 1.51. The number of sulfone groups is 1. The van der Waals surface area contributed by atoms with Gasteiger partial charge >= 0.3 is 0 Å². The van der Waals surface area contributed by atoms with Gasteiger partial charge in [-0.25, -0.2) is 8.42 Å². The zero-order valence-corrected chi connectivity index (χ0v) is 17.2. The summed E-state index contributed by atoms with van der Waals surface area (Å²) in [7, 11) is -3.49. The number of nitrogens with one attached hydrogen (secondary N) is 1. The highest BCUT2D eigenvalue weighted by molar-refractivity contribution is 9.10. The van der Waals surface area contributed by atoms with E-state index < -0.39 is 21.5 Å². The summed E-state index contributed by atoms with van der Waals surface area (Å²) in [6, 6.07) is 15.2. The van der Waals surface area contributed by atoms with Crippen molar-refractivity contribution in [2.75, 3.05) is 12.3 Å². The first kappa shape index (κ1) is 19.1. The smallest absolute Gasteiger partial charge is 0.235 e. The Bertz CT molecular complexity index is 1010. The van der Waals surface area contributed by atoms with Crippen molar-refractivity contribution in [2.24, 2.45) is 0 Å². The van der Waals surface area contributed by atoms with Gasteiger partial charge in [0.1, 0.15) is 5.75 Å². The summed E-state index contributed by atoms with van der Waals surface area (Å²) >= 11 is 4.99. The number of hydrogen-bond donors (Lipinski definition) is 1. The van der Waals surface area contributed by atoms with Crippen LogP contribution in [0, 0.1) is 0 Å². The average molecular weight is 452 g/mol. The maximum absolute atomic E-state index is 12.2. The molecule has 26 heavy (non-hydrogen) atoms. The van der Waals surface area contributed by atoms with Crippen molar-refractivity contribution in [3.8, 4) is 0 Å². The van der Waals surface area contributed by atoms with E-state index in [-0.39, 0.29) is 5.75 Å². The molecule has 2 aromatic carbocycles. The normalized spacial score (nSPS) is 11.6. The van der Waals surface area contributed by atoms with Gasteiger partial charge in [-0.1, -0.05) is 46.3 Å². The molecular weight excluding hydrogens is 434 g/mol. The fourth-order valence-corrected chi connectivity index (χ4v) is 5.26. The summed E-state index contributed by atoms with van der Waals surface area (Å²) in [5.41, 5.74) is 1.84. The third-order valence-corrected chi connectivity index (χ3v) is 6.94. The van der Waals surface area contributed by atoms with Gasteiger partial charge in [-0.2, -0.15) is 0 Å². The summed E-state index contributed by atoms with van der Waals surface area (Å²) < 4.78 is 26.5. The van der Waals surface area contributed by atoms with Gasteiger partial charge in [0.05, 0.1) is 5.75 Å². The Morgan fingerprint density at radius 1 is 1.08 bits per heavy atom. The van der Waals surface area contributed by atoms with E-state index in [1.807, 2.05) is 12.1 Å². The molecule has 3 rings (SSSR count). The Hall–Kier alpha value is -1.70. The van der Waals surface area contributed by atoms with Crippen LogP contribution < -0.4 is 5.32 Å². The Labute approximate surface area is 165 Å². The van der Waals surface area contributed by atoms with Crippen molar-refractivity contribution in [1.29, 1.82) is 0 Å². The van der Waals surface area contributed by atoms with Crippen LogP contribution in [0.3, 0.4) is 0 Å². The summed E-state index contributed by atoms with van der Waals surface area (Å²) in [5.74, 6) is -1.09. The molecule has 0 spiro atoms. The maximum Gasteiger partial charge on any atom is 0.235 e. The van der Waals surface area contributed by atoms with E-state index in [9.17, 15) is 13.2 Å². The SMILES string of the molecule is O=C(CS(=O)(=O)Cc1ccc(Br)cc1)NCCc1csc2ccccc12. The fraction of sp³-hybridized carbons (Fsp3) is 0.211. The Kier molecular flexibility index (Phi) is 6.11. The standard InChI is InChI=1S/C19H18BrNO3S2/c20-16-7-5-14(6-8-16)12-26(23,24)13-19(22)21-10-9-15-11-25-18-4-2-1-3-17(15)18/h1-8,11H,9-10,12-13H2,(H,21,22).